The second-order valence-electron chi connectivity index (χ2n) is 5.36. The zero-order valence-electron chi connectivity index (χ0n) is 12.1. The Labute approximate surface area is 123 Å². The normalized spacial score (nSPS) is 11.3. The highest BCUT2D eigenvalue weighted by Crippen LogP contribution is 2.20. The van der Waals surface area contributed by atoms with E-state index in [4.69, 9.17) is 11.6 Å². The van der Waals surface area contributed by atoms with Gasteiger partial charge in [0, 0.05) is 24.0 Å². The molecule has 20 heavy (non-hydrogen) atoms. The minimum Gasteiger partial charge on any atom is -0.339 e. The highest BCUT2D eigenvalue weighted by molar-refractivity contribution is 6.31. The smallest absolute Gasteiger partial charge is 0.273 e. The highest BCUT2D eigenvalue weighted by Gasteiger charge is 2.16. The van der Waals surface area contributed by atoms with Crippen LogP contribution in [0.4, 0.5) is 5.82 Å². The summed E-state index contributed by atoms with van der Waals surface area (Å²) in [7, 11) is 0. The number of carbonyl (C=O) groups excluding carboxylic acids is 1. The first-order valence-corrected chi connectivity index (χ1v) is 7.00. The van der Waals surface area contributed by atoms with Crippen LogP contribution < -0.4 is 5.32 Å². The van der Waals surface area contributed by atoms with Crippen LogP contribution >= 0.6 is 11.6 Å². The molecule has 0 unspecified atom stereocenters. The lowest BCUT2D eigenvalue weighted by molar-refractivity contribution is 0.101. The summed E-state index contributed by atoms with van der Waals surface area (Å²) in [6, 6.07) is 3.66. The van der Waals surface area contributed by atoms with Crippen LogP contribution in [0.2, 0.25) is 5.02 Å². The van der Waals surface area contributed by atoms with E-state index in [-0.39, 0.29) is 11.9 Å². The fourth-order valence-electron chi connectivity index (χ4n) is 1.93. The number of aromatic nitrogens is 3. The van der Waals surface area contributed by atoms with Crippen LogP contribution in [-0.4, -0.2) is 20.7 Å². The number of nitrogens with one attached hydrogen (secondary N) is 2. The average Bonchev–Trinajstić information content (AvgIpc) is 2.95. The zero-order chi connectivity index (χ0) is 14.9. The molecule has 2 N–H and O–H groups in total. The van der Waals surface area contributed by atoms with Gasteiger partial charge in [0.25, 0.3) is 5.91 Å². The molecule has 0 aliphatic rings. The predicted octanol–water partition coefficient (Wildman–Crippen LogP) is 3.82. The maximum absolute atomic E-state index is 12.3. The molecule has 1 amide bonds. The van der Waals surface area contributed by atoms with Crippen molar-refractivity contribution in [3.8, 4) is 0 Å². The minimum atomic E-state index is -0.215. The lowest BCUT2D eigenvalue weighted by Crippen LogP contribution is -2.17. The molecule has 0 bridgehead atoms. The second-order valence-corrected chi connectivity index (χ2v) is 5.80. The van der Waals surface area contributed by atoms with E-state index in [0.717, 1.165) is 5.69 Å². The number of carbonyl (C=O) groups is 1. The summed E-state index contributed by atoms with van der Waals surface area (Å²) in [5.41, 5.74) is 1.51. The molecule has 0 radical (unpaired) electrons. The Balaban J connectivity index is 2.19. The molecule has 0 aliphatic carbocycles. The van der Waals surface area contributed by atoms with Crippen molar-refractivity contribution in [3.05, 3.63) is 34.7 Å². The molecule has 108 valence electrons. The quantitative estimate of drug-likeness (QED) is 0.900. The first-order chi connectivity index (χ1) is 9.38. The van der Waals surface area contributed by atoms with Gasteiger partial charge in [-0.05, 0) is 25.8 Å². The number of anilines is 1. The van der Waals surface area contributed by atoms with E-state index in [2.05, 4.69) is 29.4 Å². The lowest BCUT2D eigenvalue weighted by atomic mass is 10.1. The van der Waals surface area contributed by atoms with Gasteiger partial charge in [-0.25, -0.2) is 0 Å². The number of halogens is 1. The van der Waals surface area contributed by atoms with E-state index >= 15 is 0 Å². The monoisotopic (exact) mass is 294 g/mol. The Morgan fingerprint density at radius 3 is 2.60 bits per heavy atom. The average molecular weight is 295 g/mol. The molecule has 2 aromatic heterocycles. The Morgan fingerprint density at radius 1 is 1.35 bits per heavy atom. The number of nitrogens with zero attached hydrogens (tertiary/aromatic N) is 2. The minimum absolute atomic E-state index is 0.161. The van der Waals surface area contributed by atoms with Gasteiger partial charge in [-0.3, -0.25) is 9.89 Å². The Morgan fingerprint density at radius 2 is 2.05 bits per heavy atom. The number of aromatic amines is 1. The summed E-state index contributed by atoms with van der Waals surface area (Å²) < 4.78 is 1.84. The maximum Gasteiger partial charge on any atom is 0.273 e. The summed E-state index contributed by atoms with van der Waals surface area (Å²) in [5, 5.41) is 10.3. The van der Waals surface area contributed by atoms with Crippen molar-refractivity contribution in [2.45, 2.75) is 39.7 Å². The molecule has 0 saturated carbocycles. The van der Waals surface area contributed by atoms with Crippen molar-refractivity contribution in [2.75, 3.05) is 5.32 Å². The molecule has 0 aliphatic heterocycles. The van der Waals surface area contributed by atoms with Gasteiger partial charge in [-0.1, -0.05) is 25.4 Å². The van der Waals surface area contributed by atoms with Gasteiger partial charge in [0.1, 0.15) is 5.69 Å². The van der Waals surface area contributed by atoms with Crippen molar-refractivity contribution in [2.24, 2.45) is 0 Å². The summed E-state index contributed by atoms with van der Waals surface area (Å²) in [6.07, 6.45) is 1.76. The molecule has 0 spiro atoms. The Bertz CT molecular complexity index is 612. The molecule has 2 rings (SSSR count). The molecule has 2 aromatic rings. The molecule has 5 nitrogen and oxygen atoms in total. The molecule has 2 heterocycles. The van der Waals surface area contributed by atoms with Crippen molar-refractivity contribution < 1.29 is 4.79 Å². The summed E-state index contributed by atoms with van der Waals surface area (Å²) >= 11 is 5.98. The lowest BCUT2D eigenvalue weighted by Gasteiger charge is -2.11. The molecule has 0 aromatic carbocycles. The molecule has 0 fully saturated rings. The Hall–Kier alpha value is -1.75. The standard InChI is InChI=1S/C14H19ClN4O/c1-8(2)11-6-13(18-17-11)16-14(20)12-5-10(15)7-19(12)9(3)4/h5-9H,1-4H3,(H2,16,17,18,20). The fraction of sp³-hybridized carbons (Fsp3) is 0.429. The SMILES string of the molecule is CC(C)c1cc(NC(=O)c2cc(Cl)cn2C(C)C)n[nH]1. The second kappa shape index (κ2) is 5.71. The summed E-state index contributed by atoms with van der Waals surface area (Å²) in [6.45, 7) is 8.11. The van der Waals surface area contributed by atoms with E-state index in [1.165, 1.54) is 0 Å². The van der Waals surface area contributed by atoms with Crippen LogP contribution in [0.1, 0.15) is 55.8 Å². The van der Waals surface area contributed by atoms with Crippen molar-refractivity contribution in [1.29, 1.82) is 0 Å². The van der Waals surface area contributed by atoms with Gasteiger partial charge in [-0.2, -0.15) is 5.10 Å². The van der Waals surface area contributed by atoms with Crippen molar-refractivity contribution in [1.82, 2.24) is 14.8 Å². The fourth-order valence-corrected chi connectivity index (χ4v) is 2.14. The third kappa shape index (κ3) is 3.04. The van der Waals surface area contributed by atoms with E-state index < -0.39 is 0 Å². The summed E-state index contributed by atoms with van der Waals surface area (Å²) in [5.74, 6) is 0.640. The van der Waals surface area contributed by atoms with Crippen LogP contribution in [0.15, 0.2) is 18.3 Å². The molecular weight excluding hydrogens is 276 g/mol. The summed E-state index contributed by atoms with van der Waals surface area (Å²) in [4.78, 5) is 12.3. The van der Waals surface area contributed by atoms with Crippen LogP contribution in [-0.2, 0) is 0 Å². The van der Waals surface area contributed by atoms with Gasteiger partial charge in [0.15, 0.2) is 5.82 Å². The number of amides is 1. The highest BCUT2D eigenvalue weighted by atomic mass is 35.5. The van der Waals surface area contributed by atoms with Gasteiger partial charge < -0.3 is 9.88 Å². The zero-order valence-corrected chi connectivity index (χ0v) is 12.8. The van der Waals surface area contributed by atoms with Gasteiger partial charge in [0.2, 0.25) is 0 Å². The van der Waals surface area contributed by atoms with Crippen LogP contribution in [0, 0.1) is 0 Å². The number of hydrogen-bond acceptors (Lipinski definition) is 2. The number of hydrogen-bond donors (Lipinski definition) is 2. The molecule has 0 atom stereocenters. The van der Waals surface area contributed by atoms with E-state index in [1.807, 2.05) is 24.5 Å². The third-order valence-corrected chi connectivity index (χ3v) is 3.27. The first kappa shape index (κ1) is 14.7. The van der Waals surface area contributed by atoms with Crippen LogP contribution in [0.3, 0.4) is 0 Å². The van der Waals surface area contributed by atoms with Gasteiger partial charge >= 0.3 is 0 Å². The van der Waals surface area contributed by atoms with Gasteiger partial charge in [-0.15, -0.1) is 0 Å². The van der Waals surface area contributed by atoms with Gasteiger partial charge in [0.05, 0.1) is 5.02 Å². The van der Waals surface area contributed by atoms with Crippen molar-refractivity contribution in [3.63, 3.8) is 0 Å². The van der Waals surface area contributed by atoms with E-state index in [1.54, 1.807) is 12.3 Å². The molecular formula is C14H19ClN4O. The molecule has 6 heteroatoms. The number of rotatable bonds is 4. The van der Waals surface area contributed by atoms with E-state index in [9.17, 15) is 4.79 Å². The first-order valence-electron chi connectivity index (χ1n) is 6.62. The van der Waals surface area contributed by atoms with E-state index in [0.29, 0.717) is 22.5 Å². The molecule has 0 saturated heterocycles. The topological polar surface area (TPSA) is 62.7 Å². The Kier molecular flexibility index (Phi) is 4.18. The largest absolute Gasteiger partial charge is 0.339 e. The van der Waals surface area contributed by atoms with Crippen LogP contribution in [0.25, 0.3) is 0 Å². The van der Waals surface area contributed by atoms with Crippen LogP contribution in [0.5, 0.6) is 0 Å². The third-order valence-electron chi connectivity index (χ3n) is 3.07. The predicted molar refractivity (Wildman–Crippen MR) is 80.5 cm³/mol. The maximum atomic E-state index is 12.3. The van der Waals surface area contributed by atoms with Crippen molar-refractivity contribution >= 4 is 23.3 Å². The number of H-pyrrole nitrogens is 1.